The number of fused-ring (bicyclic) bond motifs is 5. The predicted molar refractivity (Wildman–Crippen MR) is 99.4 cm³/mol. The quantitative estimate of drug-likeness (QED) is 0.698. The summed E-state index contributed by atoms with van der Waals surface area (Å²) in [5.41, 5.74) is 0.290. The molecule has 0 aromatic carbocycles. The Kier molecular flexibility index (Phi) is 4.47. The number of rotatable bonds is 2. The Bertz CT molecular complexity index is 576. The zero-order chi connectivity index (χ0) is 18.9. The molecule has 4 heteroatoms. The number of aliphatic carboxylic acids is 1. The van der Waals surface area contributed by atoms with Crippen LogP contribution in [0.15, 0.2) is 0 Å². The maximum atomic E-state index is 11.6. The first kappa shape index (κ1) is 18.7. The van der Waals surface area contributed by atoms with Crippen LogP contribution in [0.2, 0.25) is 0 Å². The molecule has 4 fully saturated rings. The van der Waals surface area contributed by atoms with Gasteiger partial charge in [0, 0.05) is 0 Å². The lowest BCUT2D eigenvalue weighted by Gasteiger charge is -2.62. The smallest absolute Gasteiger partial charge is 0.306 e. The van der Waals surface area contributed by atoms with Crippen LogP contribution in [0.25, 0.3) is 0 Å². The number of carboxylic acid groups (broad SMARTS) is 1. The van der Waals surface area contributed by atoms with Crippen LogP contribution in [-0.4, -0.2) is 33.5 Å². The van der Waals surface area contributed by atoms with E-state index in [2.05, 4.69) is 13.8 Å². The van der Waals surface area contributed by atoms with Crippen LogP contribution < -0.4 is 0 Å². The summed E-state index contributed by atoms with van der Waals surface area (Å²) in [5, 5.41) is 30.9. The van der Waals surface area contributed by atoms with Gasteiger partial charge in [-0.1, -0.05) is 20.8 Å². The molecule has 0 radical (unpaired) electrons. The van der Waals surface area contributed by atoms with E-state index in [0.717, 1.165) is 51.4 Å². The fourth-order valence-corrected chi connectivity index (χ4v) is 8.23. The Labute approximate surface area is 157 Å². The maximum Gasteiger partial charge on any atom is 0.306 e. The van der Waals surface area contributed by atoms with E-state index < -0.39 is 5.97 Å². The van der Waals surface area contributed by atoms with Crippen molar-refractivity contribution < 1.29 is 20.1 Å². The van der Waals surface area contributed by atoms with Crippen LogP contribution in [0.1, 0.15) is 72.1 Å². The van der Waals surface area contributed by atoms with Gasteiger partial charge in [0.2, 0.25) is 0 Å². The van der Waals surface area contributed by atoms with Gasteiger partial charge in [0.25, 0.3) is 0 Å². The molecule has 0 aromatic rings. The van der Waals surface area contributed by atoms with Crippen molar-refractivity contribution >= 4 is 5.97 Å². The largest absolute Gasteiger partial charge is 0.481 e. The lowest BCUT2D eigenvalue weighted by molar-refractivity contribution is -0.176. The minimum absolute atomic E-state index is 0.0529. The first-order valence-electron chi connectivity index (χ1n) is 10.8. The number of hydrogen-bond acceptors (Lipinski definition) is 3. The predicted octanol–water partition coefficient (Wildman–Crippen LogP) is 3.70. The number of aliphatic hydroxyl groups is 2. The monoisotopic (exact) mass is 364 g/mol. The molecular formula is C22H36O4. The Hall–Kier alpha value is -0.610. The standard InChI is InChI=1S/C22H36O4/c1-12(20(25)26)15-4-5-16-19-17(7-9-22(15,16)3)21(2)8-6-14(23)10-13(21)11-18(19)24/h12-19,23-24H,4-11H2,1-3H3,(H,25,26)/t12-,13-,14+,15+,16?,17?,18?,19?,21-,22+/m0/s1. The fourth-order valence-electron chi connectivity index (χ4n) is 8.23. The summed E-state index contributed by atoms with van der Waals surface area (Å²) in [6.45, 7) is 6.61. The molecule has 3 N–H and O–H groups in total. The summed E-state index contributed by atoms with van der Waals surface area (Å²) in [6, 6.07) is 0. The molecule has 0 spiro atoms. The van der Waals surface area contributed by atoms with Gasteiger partial charge in [-0.25, -0.2) is 0 Å². The maximum absolute atomic E-state index is 11.6. The summed E-state index contributed by atoms with van der Waals surface area (Å²) >= 11 is 0. The molecule has 4 unspecified atom stereocenters. The van der Waals surface area contributed by atoms with Gasteiger partial charge in [0.1, 0.15) is 0 Å². The van der Waals surface area contributed by atoms with Crippen molar-refractivity contribution in [1.29, 1.82) is 0 Å². The highest BCUT2D eigenvalue weighted by molar-refractivity contribution is 5.70. The lowest BCUT2D eigenvalue weighted by Crippen LogP contribution is -2.58. The van der Waals surface area contributed by atoms with E-state index in [0.29, 0.717) is 23.7 Å². The molecule has 4 aliphatic rings. The van der Waals surface area contributed by atoms with Gasteiger partial charge >= 0.3 is 5.97 Å². The Morgan fingerprint density at radius 1 is 0.962 bits per heavy atom. The summed E-state index contributed by atoms with van der Waals surface area (Å²) in [5.74, 6) is 0.996. The Morgan fingerprint density at radius 2 is 1.62 bits per heavy atom. The molecule has 4 rings (SSSR count). The molecule has 26 heavy (non-hydrogen) atoms. The molecule has 148 valence electrons. The highest BCUT2D eigenvalue weighted by Gasteiger charge is 2.63. The first-order valence-corrected chi connectivity index (χ1v) is 10.8. The molecule has 0 bridgehead atoms. The molecule has 0 aliphatic heterocycles. The minimum atomic E-state index is -0.670. The number of hydrogen-bond donors (Lipinski definition) is 3. The van der Waals surface area contributed by atoms with Crippen molar-refractivity contribution in [2.45, 2.75) is 84.3 Å². The van der Waals surface area contributed by atoms with Crippen LogP contribution in [0.3, 0.4) is 0 Å². The van der Waals surface area contributed by atoms with E-state index in [4.69, 9.17) is 0 Å². The molecule has 0 saturated heterocycles. The summed E-state index contributed by atoms with van der Waals surface area (Å²) in [6.07, 6.45) is 7.42. The van der Waals surface area contributed by atoms with E-state index in [1.807, 2.05) is 6.92 Å². The average Bonchev–Trinajstić information content (AvgIpc) is 2.93. The zero-order valence-corrected chi connectivity index (χ0v) is 16.5. The van der Waals surface area contributed by atoms with Crippen molar-refractivity contribution in [3.05, 3.63) is 0 Å². The summed E-state index contributed by atoms with van der Waals surface area (Å²) < 4.78 is 0. The molecule has 0 amide bonds. The highest BCUT2D eigenvalue weighted by Crippen LogP contribution is 2.68. The van der Waals surface area contributed by atoms with Gasteiger partial charge in [-0.05, 0) is 91.8 Å². The van der Waals surface area contributed by atoms with Crippen molar-refractivity contribution in [3.8, 4) is 0 Å². The lowest BCUT2D eigenvalue weighted by atomic mass is 9.43. The highest BCUT2D eigenvalue weighted by atomic mass is 16.4. The van der Waals surface area contributed by atoms with E-state index in [9.17, 15) is 20.1 Å². The van der Waals surface area contributed by atoms with Crippen molar-refractivity contribution in [2.24, 2.45) is 46.3 Å². The summed E-state index contributed by atoms with van der Waals surface area (Å²) in [7, 11) is 0. The number of carboxylic acids is 1. The van der Waals surface area contributed by atoms with Crippen LogP contribution >= 0.6 is 0 Å². The fraction of sp³-hybridized carbons (Fsp3) is 0.955. The van der Waals surface area contributed by atoms with Crippen LogP contribution in [0.4, 0.5) is 0 Å². The normalized spacial score (nSPS) is 54.7. The second kappa shape index (κ2) is 6.20. The molecule has 4 aliphatic carbocycles. The molecule has 0 aromatic heterocycles. The van der Waals surface area contributed by atoms with Gasteiger partial charge in [0.15, 0.2) is 0 Å². The number of carbonyl (C=O) groups is 1. The van der Waals surface area contributed by atoms with Crippen molar-refractivity contribution in [2.75, 3.05) is 0 Å². The number of aliphatic hydroxyl groups excluding tert-OH is 2. The molecule has 10 atom stereocenters. The molecule has 0 heterocycles. The van der Waals surface area contributed by atoms with Gasteiger partial charge in [0.05, 0.1) is 18.1 Å². The van der Waals surface area contributed by atoms with E-state index in [1.54, 1.807) is 0 Å². The third kappa shape index (κ3) is 2.51. The minimum Gasteiger partial charge on any atom is -0.481 e. The second-order valence-electron chi connectivity index (χ2n) is 10.6. The zero-order valence-electron chi connectivity index (χ0n) is 16.5. The summed E-state index contributed by atoms with van der Waals surface area (Å²) in [4.78, 5) is 11.6. The topological polar surface area (TPSA) is 77.8 Å². The average molecular weight is 365 g/mol. The Balaban J connectivity index is 1.64. The van der Waals surface area contributed by atoms with E-state index >= 15 is 0 Å². The van der Waals surface area contributed by atoms with Gasteiger partial charge in [-0.3, -0.25) is 4.79 Å². The van der Waals surface area contributed by atoms with Gasteiger partial charge in [-0.15, -0.1) is 0 Å². The third-order valence-electron chi connectivity index (χ3n) is 9.72. The molecule has 4 nitrogen and oxygen atoms in total. The molecular weight excluding hydrogens is 328 g/mol. The van der Waals surface area contributed by atoms with Crippen molar-refractivity contribution in [3.63, 3.8) is 0 Å². The van der Waals surface area contributed by atoms with Crippen LogP contribution in [0, 0.1) is 46.3 Å². The van der Waals surface area contributed by atoms with Gasteiger partial charge in [-0.2, -0.15) is 0 Å². The SMILES string of the molecule is C[C@H](C(=O)O)[C@H]1CCC2C3C(O)C[C@@H]4C[C@H](O)CC[C@]4(C)C3CC[C@@]21C. The van der Waals surface area contributed by atoms with Crippen molar-refractivity contribution in [1.82, 2.24) is 0 Å². The third-order valence-corrected chi connectivity index (χ3v) is 9.72. The molecule has 4 saturated carbocycles. The second-order valence-corrected chi connectivity index (χ2v) is 10.6. The van der Waals surface area contributed by atoms with Crippen LogP contribution in [-0.2, 0) is 4.79 Å². The Morgan fingerprint density at radius 3 is 2.31 bits per heavy atom. The van der Waals surface area contributed by atoms with E-state index in [-0.39, 0.29) is 34.9 Å². The van der Waals surface area contributed by atoms with E-state index in [1.165, 1.54) is 0 Å². The van der Waals surface area contributed by atoms with Gasteiger partial charge < -0.3 is 15.3 Å². The first-order chi connectivity index (χ1) is 12.2. The van der Waals surface area contributed by atoms with Crippen LogP contribution in [0.5, 0.6) is 0 Å².